The zero-order valence-electron chi connectivity index (χ0n) is 34.6. The van der Waals surface area contributed by atoms with Gasteiger partial charge in [0.1, 0.15) is 36.6 Å². The highest BCUT2D eigenvalue weighted by atomic mass is 16.8. The molecule has 2 aliphatic heterocycles. The first-order valence-electron chi connectivity index (χ1n) is 21.4. The van der Waals surface area contributed by atoms with E-state index in [4.69, 9.17) is 28.4 Å². The quantitative estimate of drug-likeness (QED) is 0.0333. The van der Waals surface area contributed by atoms with Crippen LogP contribution in [0.2, 0.25) is 0 Å². The molecular formula is C42H74O14. The highest BCUT2D eigenvalue weighted by Gasteiger charge is 2.51. The number of rotatable bonds is 29. The van der Waals surface area contributed by atoms with E-state index in [0.29, 0.717) is 25.7 Å². The molecule has 12 atom stereocenters. The Morgan fingerprint density at radius 2 is 1.12 bits per heavy atom. The van der Waals surface area contributed by atoms with Crippen LogP contribution in [0.15, 0.2) is 12.2 Å². The molecule has 0 spiro atoms. The minimum absolute atomic E-state index is 0.230. The monoisotopic (exact) mass is 803 g/mol. The van der Waals surface area contributed by atoms with Gasteiger partial charge in [-0.3, -0.25) is 9.59 Å². The molecule has 14 heteroatoms. The van der Waals surface area contributed by atoms with Crippen LogP contribution in [0.3, 0.4) is 0 Å². The number of aliphatic hydroxyl groups is 4. The number of hydrogen-bond donors (Lipinski definition) is 5. The van der Waals surface area contributed by atoms with E-state index in [1.54, 1.807) is 13.0 Å². The van der Waals surface area contributed by atoms with Crippen molar-refractivity contribution < 1.29 is 68.3 Å². The SMILES string of the molecule is CCCCCCCC=CC(=O)O[C@H]1[C@H](O[C@H]2[C@H](OC(CCCCCCC)CC(=O)OC(CCCCCCC)CC(=O)O)O[C@@H](C)[C@H](O)[C@H]2O)O[C@@H](C)[C@H](O)[C@H]1O. The van der Waals surface area contributed by atoms with E-state index in [1.807, 2.05) is 0 Å². The van der Waals surface area contributed by atoms with Crippen molar-refractivity contribution in [3.05, 3.63) is 12.2 Å². The van der Waals surface area contributed by atoms with Gasteiger partial charge in [-0.05, 0) is 46.0 Å². The lowest BCUT2D eigenvalue weighted by Gasteiger charge is -2.46. The van der Waals surface area contributed by atoms with Gasteiger partial charge < -0.3 is 54.0 Å². The van der Waals surface area contributed by atoms with Crippen LogP contribution >= 0.6 is 0 Å². The molecule has 326 valence electrons. The topological polar surface area (TPSA) is 208 Å². The maximum absolute atomic E-state index is 13.4. The van der Waals surface area contributed by atoms with Crippen molar-refractivity contribution >= 4 is 17.9 Å². The first-order chi connectivity index (χ1) is 26.8. The normalized spacial score (nSPS) is 29.2. The molecule has 0 aliphatic carbocycles. The Morgan fingerprint density at radius 3 is 1.68 bits per heavy atom. The molecule has 14 nitrogen and oxygen atoms in total. The van der Waals surface area contributed by atoms with Crippen molar-refractivity contribution in [3.8, 4) is 0 Å². The standard InChI is InChI=1S/C42H74O14/c1-6-9-12-15-16-19-22-25-33(45)55-39-37(49)35(47)29(5)52-42(39)56-40-38(50)36(48)28(4)51-41(40)54-31(24-21-18-14-11-8-3)27-34(46)53-30(26-32(43)44)23-20-17-13-10-7-2/h22,25,28-31,35-42,47-50H,6-21,23-24,26-27H2,1-5H3,(H,43,44)/t28-,29-,30?,31?,35-,36-,37+,38+,39+,40+,41-,42-/m0/s1. The number of carboxylic acids is 1. The molecule has 2 saturated heterocycles. The lowest BCUT2D eigenvalue weighted by atomic mass is 9.97. The van der Waals surface area contributed by atoms with Gasteiger partial charge in [0.2, 0.25) is 0 Å². The smallest absolute Gasteiger partial charge is 0.330 e. The van der Waals surface area contributed by atoms with Crippen molar-refractivity contribution in [2.75, 3.05) is 0 Å². The Bertz CT molecular complexity index is 1120. The van der Waals surface area contributed by atoms with Crippen molar-refractivity contribution in [2.45, 2.75) is 237 Å². The van der Waals surface area contributed by atoms with Crippen molar-refractivity contribution in [3.63, 3.8) is 0 Å². The van der Waals surface area contributed by atoms with Gasteiger partial charge in [-0.25, -0.2) is 4.79 Å². The van der Waals surface area contributed by atoms with E-state index < -0.39 is 91.5 Å². The lowest BCUT2D eigenvalue weighted by molar-refractivity contribution is -0.366. The number of aliphatic carboxylic acids is 1. The van der Waals surface area contributed by atoms with E-state index >= 15 is 0 Å². The summed E-state index contributed by atoms with van der Waals surface area (Å²) in [5.41, 5.74) is 0. The summed E-state index contributed by atoms with van der Waals surface area (Å²) in [5, 5.41) is 53.3. The molecule has 2 heterocycles. The molecule has 56 heavy (non-hydrogen) atoms. The molecule has 2 rings (SSSR count). The molecule has 0 aromatic carbocycles. The van der Waals surface area contributed by atoms with Crippen molar-refractivity contribution in [1.29, 1.82) is 0 Å². The highest BCUT2D eigenvalue weighted by molar-refractivity contribution is 5.82. The number of allylic oxidation sites excluding steroid dienone is 1. The predicted molar refractivity (Wildman–Crippen MR) is 208 cm³/mol. The predicted octanol–water partition coefficient (Wildman–Crippen LogP) is 6.02. The lowest BCUT2D eigenvalue weighted by Crippen LogP contribution is -2.64. The second-order valence-electron chi connectivity index (χ2n) is 15.6. The van der Waals surface area contributed by atoms with E-state index in [2.05, 4.69) is 20.8 Å². The largest absolute Gasteiger partial charge is 0.481 e. The summed E-state index contributed by atoms with van der Waals surface area (Å²) in [6.07, 6.45) is 3.27. The van der Waals surface area contributed by atoms with Gasteiger partial charge in [0.05, 0.1) is 31.2 Å². The van der Waals surface area contributed by atoms with E-state index in [-0.39, 0.29) is 12.8 Å². The fraction of sp³-hybridized carbons (Fsp3) is 0.881. The van der Waals surface area contributed by atoms with Crippen molar-refractivity contribution in [1.82, 2.24) is 0 Å². The highest BCUT2D eigenvalue weighted by Crippen LogP contribution is 2.32. The Morgan fingerprint density at radius 1 is 0.625 bits per heavy atom. The summed E-state index contributed by atoms with van der Waals surface area (Å²) < 4.78 is 35.7. The van der Waals surface area contributed by atoms with E-state index in [1.165, 1.54) is 13.0 Å². The average Bonchev–Trinajstić information content (AvgIpc) is 3.15. The summed E-state index contributed by atoms with van der Waals surface area (Å²) in [6.45, 7) is 9.40. The van der Waals surface area contributed by atoms with Gasteiger partial charge in [0.15, 0.2) is 18.7 Å². The summed E-state index contributed by atoms with van der Waals surface area (Å²) in [5.74, 6) is -2.48. The average molecular weight is 803 g/mol. The number of aliphatic hydroxyl groups excluding tert-OH is 4. The Kier molecular flexibility index (Phi) is 25.2. The second-order valence-corrected chi connectivity index (χ2v) is 15.6. The minimum atomic E-state index is -1.61. The number of esters is 2. The maximum atomic E-state index is 13.4. The number of ether oxygens (including phenoxy) is 6. The molecule has 2 aliphatic rings. The van der Waals surface area contributed by atoms with Crippen LogP contribution in [0.25, 0.3) is 0 Å². The van der Waals surface area contributed by atoms with Gasteiger partial charge in [0, 0.05) is 6.08 Å². The zero-order chi connectivity index (χ0) is 41.5. The molecule has 2 fully saturated rings. The number of hydrogen-bond acceptors (Lipinski definition) is 13. The number of unbranched alkanes of at least 4 members (excludes halogenated alkanes) is 13. The molecule has 0 radical (unpaired) electrons. The summed E-state index contributed by atoms with van der Waals surface area (Å²) in [6, 6.07) is 0. The van der Waals surface area contributed by atoms with Gasteiger partial charge in [0.25, 0.3) is 0 Å². The van der Waals surface area contributed by atoms with Crippen molar-refractivity contribution in [2.24, 2.45) is 0 Å². The molecular weight excluding hydrogens is 728 g/mol. The maximum Gasteiger partial charge on any atom is 0.330 e. The number of carbonyl (C=O) groups is 3. The second kappa shape index (κ2) is 28.3. The zero-order valence-corrected chi connectivity index (χ0v) is 34.6. The molecule has 0 saturated carbocycles. The van der Waals surface area contributed by atoms with Gasteiger partial charge in [-0.1, -0.05) is 110 Å². The molecule has 5 N–H and O–H groups in total. The van der Waals surface area contributed by atoms with E-state index in [9.17, 15) is 39.9 Å². The Hall–Kier alpha value is -2.17. The Balaban J connectivity index is 2.25. The third-order valence-electron chi connectivity index (χ3n) is 10.5. The van der Waals surface area contributed by atoms with E-state index in [0.717, 1.165) is 89.9 Å². The minimum Gasteiger partial charge on any atom is -0.481 e. The molecule has 0 aromatic heterocycles. The summed E-state index contributed by atoms with van der Waals surface area (Å²) in [7, 11) is 0. The van der Waals surface area contributed by atoms with Gasteiger partial charge in [-0.2, -0.15) is 0 Å². The third kappa shape index (κ3) is 18.6. The molecule has 0 amide bonds. The molecule has 0 bridgehead atoms. The molecule has 2 unspecified atom stereocenters. The number of carbonyl (C=O) groups excluding carboxylic acids is 2. The van der Waals surface area contributed by atoms with Crippen LogP contribution in [0.5, 0.6) is 0 Å². The summed E-state index contributed by atoms with van der Waals surface area (Å²) in [4.78, 5) is 37.8. The van der Waals surface area contributed by atoms with Gasteiger partial charge in [-0.15, -0.1) is 0 Å². The van der Waals surface area contributed by atoms with Crippen LogP contribution in [0.1, 0.15) is 163 Å². The van der Waals surface area contributed by atoms with Crippen LogP contribution in [-0.4, -0.2) is 117 Å². The first-order valence-corrected chi connectivity index (χ1v) is 21.4. The summed E-state index contributed by atoms with van der Waals surface area (Å²) >= 11 is 0. The third-order valence-corrected chi connectivity index (χ3v) is 10.5. The van der Waals surface area contributed by atoms with Crippen LogP contribution < -0.4 is 0 Å². The van der Waals surface area contributed by atoms with Crippen LogP contribution in [0, 0.1) is 0 Å². The molecule has 0 aromatic rings. The first kappa shape index (κ1) is 50.0. The number of carboxylic acid groups (broad SMARTS) is 1. The fourth-order valence-electron chi connectivity index (χ4n) is 7.04. The van der Waals surface area contributed by atoms with Crippen LogP contribution in [-0.2, 0) is 42.8 Å². The van der Waals surface area contributed by atoms with Crippen LogP contribution in [0.4, 0.5) is 0 Å². The fourth-order valence-corrected chi connectivity index (χ4v) is 7.04. The van der Waals surface area contributed by atoms with Gasteiger partial charge >= 0.3 is 17.9 Å². The Labute approximate surface area is 334 Å².